The highest BCUT2D eigenvalue weighted by Crippen LogP contribution is 2.48. The summed E-state index contributed by atoms with van der Waals surface area (Å²) in [5, 5.41) is 3.39. The first-order valence-corrected chi connectivity index (χ1v) is 6.62. The molecular weight excluding hydrogens is 232 g/mol. The maximum absolute atomic E-state index is 14.0. The third-order valence-corrected chi connectivity index (χ3v) is 3.83. The van der Waals surface area contributed by atoms with Crippen molar-refractivity contribution in [2.45, 2.75) is 45.1 Å². The average molecular weight is 253 g/mol. The first-order valence-electron chi connectivity index (χ1n) is 6.62. The van der Waals surface area contributed by atoms with E-state index in [9.17, 15) is 8.78 Å². The summed E-state index contributed by atoms with van der Waals surface area (Å²) in [7, 11) is 0. The lowest BCUT2D eigenvalue weighted by atomic mass is 9.59. The van der Waals surface area contributed by atoms with Gasteiger partial charge in [-0.05, 0) is 30.4 Å². The van der Waals surface area contributed by atoms with Crippen molar-refractivity contribution in [1.29, 1.82) is 0 Å². The van der Waals surface area contributed by atoms with Gasteiger partial charge in [0.25, 0.3) is 0 Å². The maximum Gasteiger partial charge on any atom is 0.129 e. The minimum atomic E-state index is -0.504. The Morgan fingerprint density at radius 1 is 1.33 bits per heavy atom. The first-order chi connectivity index (χ1) is 8.43. The third kappa shape index (κ3) is 2.56. The fourth-order valence-corrected chi connectivity index (χ4v) is 3.05. The zero-order valence-electron chi connectivity index (χ0n) is 11.3. The van der Waals surface area contributed by atoms with Crippen LogP contribution in [0.2, 0.25) is 0 Å². The maximum atomic E-state index is 14.0. The minimum absolute atomic E-state index is 0.151. The van der Waals surface area contributed by atoms with Gasteiger partial charge in [0.15, 0.2) is 0 Å². The van der Waals surface area contributed by atoms with Crippen molar-refractivity contribution in [3.8, 4) is 0 Å². The molecule has 1 aliphatic carbocycles. The molecular formula is C15H21F2N. The van der Waals surface area contributed by atoms with Gasteiger partial charge in [0, 0.05) is 24.1 Å². The van der Waals surface area contributed by atoms with E-state index in [0.717, 1.165) is 25.5 Å². The van der Waals surface area contributed by atoms with Crippen LogP contribution < -0.4 is 5.32 Å². The summed E-state index contributed by atoms with van der Waals surface area (Å²) in [6.45, 7) is 7.10. The third-order valence-electron chi connectivity index (χ3n) is 3.83. The molecule has 1 aromatic carbocycles. The van der Waals surface area contributed by atoms with Gasteiger partial charge in [-0.15, -0.1) is 0 Å². The topological polar surface area (TPSA) is 12.0 Å². The summed E-state index contributed by atoms with van der Waals surface area (Å²) in [5.41, 5.74) is 0.511. The molecule has 0 radical (unpaired) electrons. The number of hydrogen-bond donors (Lipinski definition) is 1. The molecule has 3 heteroatoms. The smallest absolute Gasteiger partial charge is 0.129 e. The van der Waals surface area contributed by atoms with Gasteiger partial charge in [0.1, 0.15) is 11.6 Å². The number of rotatable bonds is 4. The molecule has 0 spiro atoms. The molecule has 0 saturated heterocycles. The molecule has 1 aliphatic rings. The lowest BCUT2D eigenvalue weighted by Gasteiger charge is -2.47. The monoisotopic (exact) mass is 253 g/mol. The molecule has 0 atom stereocenters. The zero-order valence-corrected chi connectivity index (χ0v) is 11.3. The molecule has 0 amide bonds. The number of hydrogen-bond acceptors (Lipinski definition) is 1. The van der Waals surface area contributed by atoms with Gasteiger partial charge in [-0.1, -0.05) is 26.8 Å². The summed E-state index contributed by atoms with van der Waals surface area (Å²) < 4.78 is 26.9. The first kappa shape index (κ1) is 13.5. The van der Waals surface area contributed by atoms with Gasteiger partial charge < -0.3 is 5.32 Å². The van der Waals surface area contributed by atoms with Crippen LogP contribution in [0.3, 0.4) is 0 Å². The van der Waals surface area contributed by atoms with E-state index in [1.165, 1.54) is 6.07 Å². The lowest BCUT2D eigenvalue weighted by Crippen LogP contribution is -2.49. The SMILES string of the molecule is CC1CC(CNC(C)C)(c2ccc(F)cc2F)C1. The molecule has 1 aromatic rings. The van der Waals surface area contributed by atoms with Crippen molar-refractivity contribution in [2.75, 3.05) is 6.54 Å². The number of benzene rings is 1. The molecule has 2 rings (SSSR count). The molecule has 100 valence electrons. The van der Waals surface area contributed by atoms with Crippen LogP contribution >= 0.6 is 0 Å². The number of nitrogens with one attached hydrogen (secondary N) is 1. The molecule has 18 heavy (non-hydrogen) atoms. The van der Waals surface area contributed by atoms with Crippen LogP contribution in [-0.2, 0) is 5.41 Å². The second kappa shape index (κ2) is 4.96. The molecule has 0 aliphatic heterocycles. The van der Waals surface area contributed by atoms with Crippen molar-refractivity contribution in [3.05, 3.63) is 35.4 Å². The van der Waals surface area contributed by atoms with Crippen LogP contribution in [0.5, 0.6) is 0 Å². The second-order valence-corrected chi connectivity index (χ2v) is 5.95. The van der Waals surface area contributed by atoms with Gasteiger partial charge in [-0.25, -0.2) is 8.78 Å². The van der Waals surface area contributed by atoms with Crippen molar-refractivity contribution in [3.63, 3.8) is 0 Å². The van der Waals surface area contributed by atoms with Crippen molar-refractivity contribution in [1.82, 2.24) is 5.32 Å². The zero-order chi connectivity index (χ0) is 13.3. The highest BCUT2D eigenvalue weighted by molar-refractivity contribution is 5.31. The van der Waals surface area contributed by atoms with Gasteiger partial charge in [0.2, 0.25) is 0 Å². The summed E-state index contributed by atoms with van der Waals surface area (Å²) in [5.74, 6) is -0.300. The predicted octanol–water partition coefficient (Wildman–Crippen LogP) is 3.63. The molecule has 0 bridgehead atoms. The van der Waals surface area contributed by atoms with Crippen LogP contribution in [0.4, 0.5) is 8.78 Å². The molecule has 0 heterocycles. The standard InChI is InChI=1S/C15H21F2N/c1-10(2)18-9-15(7-11(3)8-15)13-5-4-12(16)6-14(13)17/h4-6,10-11,18H,7-9H2,1-3H3. The molecule has 0 aromatic heterocycles. The largest absolute Gasteiger partial charge is 0.314 e. The fourth-order valence-electron chi connectivity index (χ4n) is 3.05. The van der Waals surface area contributed by atoms with E-state index in [-0.39, 0.29) is 5.41 Å². The highest BCUT2D eigenvalue weighted by atomic mass is 19.1. The van der Waals surface area contributed by atoms with E-state index in [0.29, 0.717) is 17.5 Å². The Bertz CT molecular complexity index is 423. The second-order valence-electron chi connectivity index (χ2n) is 5.95. The van der Waals surface area contributed by atoms with Crippen LogP contribution in [0, 0.1) is 17.6 Å². The van der Waals surface area contributed by atoms with Crippen LogP contribution in [0.15, 0.2) is 18.2 Å². The fraction of sp³-hybridized carbons (Fsp3) is 0.600. The molecule has 1 nitrogen and oxygen atoms in total. The molecule has 1 N–H and O–H groups in total. The summed E-state index contributed by atoms with van der Waals surface area (Å²) in [6, 6.07) is 4.34. The van der Waals surface area contributed by atoms with Gasteiger partial charge >= 0.3 is 0 Å². The highest BCUT2D eigenvalue weighted by Gasteiger charge is 2.44. The minimum Gasteiger partial charge on any atom is -0.314 e. The van der Waals surface area contributed by atoms with Crippen molar-refractivity contribution >= 4 is 0 Å². The number of halogens is 2. The van der Waals surface area contributed by atoms with Crippen molar-refractivity contribution < 1.29 is 8.78 Å². The van der Waals surface area contributed by atoms with Gasteiger partial charge in [-0.3, -0.25) is 0 Å². The van der Waals surface area contributed by atoms with E-state index < -0.39 is 11.6 Å². The normalized spacial score (nSPS) is 27.3. The van der Waals surface area contributed by atoms with E-state index >= 15 is 0 Å². The van der Waals surface area contributed by atoms with E-state index in [4.69, 9.17) is 0 Å². The predicted molar refractivity (Wildman–Crippen MR) is 69.6 cm³/mol. The van der Waals surface area contributed by atoms with Crippen molar-refractivity contribution in [2.24, 2.45) is 5.92 Å². The Kier molecular flexibility index (Phi) is 3.71. The molecule has 0 unspecified atom stereocenters. The van der Waals surface area contributed by atoms with E-state index in [1.54, 1.807) is 6.07 Å². The quantitative estimate of drug-likeness (QED) is 0.864. The Morgan fingerprint density at radius 2 is 2.00 bits per heavy atom. The lowest BCUT2D eigenvalue weighted by molar-refractivity contribution is 0.145. The Morgan fingerprint density at radius 3 is 2.50 bits per heavy atom. The van der Waals surface area contributed by atoms with Gasteiger partial charge in [0.05, 0.1) is 0 Å². The van der Waals surface area contributed by atoms with E-state index in [1.807, 2.05) is 0 Å². The Balaban J connectivity index is 2.24. The molecule has 1 saturated carbocycles. The average Bonchev–Trinajstić information content (AvgIpc) is 2.23. The summed E-state index contributed by atoms with van der Waals surface area (Å²) >= 11 is 0. The van der Waals surface area contributed by atoms with E-state index in [2.05, 4.69) is 26.1 Å². The Hall–Kier alpha value is -0.960. The van der Waals surface area contributed by atoms with Crippen LogP contribution in [0.25, 0.3) is 0 Å². The summed E-state index contributed by atoms with van der Waals surface area (Å²) in [4.78, 5) is 0. The Labute approximate surface area is 108 Å². The molecule has 1 fully saturated rings. The van der Waals surface area contributed by atoms with Gasteiger partial charge in [-0.2, -0.15) is 0 Å². The van der Waals surface area contributed by atoms with Crippen LogP contribution in [-0.4, -0.2) is 12.6 Å². The van der Waals surface area contributed by atoms with Crippen LogP contribution in [0.1, 0.15) is 39.2 Å². The summed E-state index contributed by atoms with van der Waals surface area (Å²) in [6.07, 6.45) is 1.94.